The second-order valence-corrected chi connectivity index (χ2v) is 4.38. The molecule has 0 atom stereocenters. The standard InChI is InChI=1S/C11H11BrFNO3/c1-6-4-8(13)7(12)5-9(6)14-10(15)2-3-11(16)17/h4-5H,2-3H2,1H3,(H,14,15)(H,16,17). The molecule has 0 fully saturated rings. The van der Waals surface area contributed by atoms with Crippen LogP contribution in [0.15, 0.2) is 16.6 Å². The van der Waals surface area contributed by atoms with Crippen LogP contribution in [-0.4, -0.2) is 17.0 Å². The molecule has 1 aromatic rings. The van der Waals surface area contributed by atoms with Crippen molar-refractivity contribution in [1.82, 2.24) is 0 Å². The van der Waals surface area contributed by atoms with Gasteiger partial charge >= 0.3 is 5.97 Å². The van der Waals surface area contributed by atoms with Crippen LogP contribution < -0.4 is 5.32 Å². The van der Waals surface area contributed by atoms with Crippen molar-refractivity contribution in [2.75, 3.05) is 5.32 Å². The second-order valence-electron chi connectivity index (χ2n) is 3.52. The van der Waals surface area contributed by atoms with Gasteiger partial charge in [0.05, 0.1) is 10.9 Å². The van der Waals surface area contributed by atoms with E-state index in [-0.39, 0.29) is 17.3 Å². The molecule has 0 aromatic heterocycles. The van der Waals surface area contributed by atoms with Crippen molar-refractivity contribution in [3.8, 4) is 0 Å². The molecule has 92 valence electrons. The van der Waals surface area contributed by atoms with Crippen LogP contribution in [0.5, 0.6) is 0 Å². The Morgan fingerprint density at radius 2 is 2.06 bits per heavy atom. The molecule has 0 heterocycles. The number of rotatable bonds is 4. The minimum atomic E-state index is -1.03. The Hall–Kier alpha value is -1.43. The maximum Gasteiger partial charge on any atom is 0.303 e. The van der Waals surface area contributed by atoms with Crippen LogP contribution in [0.4, 0.5) is 10.1 Å². The molecule has 1 rings (SSSR count). The van der Waals surface area contributed by atoms with Gasteiger partial charge in [0.25, 0.3) is 0 Å². The molecular formula is C11H11BrFNO3. The maximum atomic E-state index is 13.1. The van der Waals surface area contributed by atoms with Crippen molar-refractivity contribution in [3.05, 3.63) is 28.0 Å². The molecule has 0 aliphatic heterocycles. The molecule has 1 aromatic carbocycles. The zero-order chi connectivity index (χ0) is 13.0. The highest BCUT2D eigenvalue weighted by Crippen LogP contribution is 2.24. The molecule has 0 saturated heterocycles. The number of benzene rings is 1. The van der Waals surface area contributed by atoms with E-state index in [0.717, 1.165) is 0 Å². The normalized spacial score (nSPS) is 10.1. The molecule has 2 N–H and O–H groups in total. The predicted molar refractivity (Wildman–Crippen MR) is 64.3 cm³/mol. The highest BCUT2D eigenvalue weighted by atomic mass is 79.9. The van der Waals surface area contributed by atoms with E-state index in [9.17, 15) is 14.0 Å². The Morgan fingerprint density at radius 3 is 2.65 bits per heavy atom. The number of anilines is 1. The minimum absolute atomic E-state index is 0.107. The van der Waals surface area contributed by atoms with Gasteiger partial charge in [0.15, 0.2) is 0 Å². The first-order valence-electron chi connectivity index (χ1n) is 4.87. The fourth-order valence-electron chi connectivity index (χ4n) is 1.21. The molecule has 1 amide bonds. The summed E-state index contributed by atoms with van der Waals surface area (Å²) in [4.78, 5) is 21.7. The molecular weight excluding hydrogens is 293 g/mol. The summed E-state index contributed by atoms with van der Waals surface area (Å²) in [5.41, 5.74) is 1.04. The summed E-state index contributed by atoms with van der Waals surface area (Å²) >= 11 is 3.01. The van der Waals surface area contributed by atoms with Crippen LogP contribution in [0.1, 0.15) is 18.4 Å². The van der Waals surface area contributed by atoms with E-state index in [2.05, 4.69) is 21.2 Å². The molecule has 0 unspecified atom stereocenters. The first-order valence-corrected chi connectivity index (χ1v) is 5.66. The molecule has 0 aliphatic rings. The molecule has 0 bridgehead atoms. The van der Waals surface area contributed by atoms with Gasteiger partial charge in [-0.3, -0.25) is 9.59 Å². The number of carbonyl (C=O) groups is 2. The first-order chi connectivity index (χ1) is 7.90. The lowest BCUT2D eigenvalue weighted by atomic mass is 10.2. The highest BCUT2D eigenvalue weighted by molar-refractivity contribution is 9.10. The monoisotopic (exact) mass is 303 g/mol. The Bertz CT molecular complexity index is 462. The van der Waals surface area contributed by atoms with E-state index < -0.39 is 17.7 Å². The smallest absolute Gasteiger partial charge is 0.303 e. The van der Waals surface area contributed by atoms with E-state index in [4.69, 9.17) is 5.11 Å². The van der Waals surface area contributed by atoms with Gasteiger partial charge in [0.2, 0.25) is 5.91 Å². The number of carboxylic acid groups (broad SMARTS) is 1. The third-order valence-corrected chi connectivity index (χ3v) is 2.72. The van der Waals surface area contributed by atoms with Gasteiger partial charge < -0.3 is 10.4 Å². The van der Waals surface area contributed by atoms with Gasteiger partial charge in [-0.2, -0.15) is 0 Å². The molecule has 6 heteroatoms. The number of aliphatic carboxylic acids is 1. The van der Waals surface area contributed by atoms with Gasteiger partial charge in [-0.05, 0) is 40.5 Å². The minimum Gasteiger partial charge on any atom is -0.481 e. The van der Waals surface area contributed by atoms with Crippen LogP contribution in [0.2, 0.25) is 0 Å². The molecule has 4 nitrogen and oxygen atoms in total. The summed E-state index contributed by atoms with van der Waals surface area (Å²) in [6, 6.07) is 2.74. The van der Waals surface area contributed by atoms with Gasteiger partial charge in [-0.1, -0.05) is 0 Å². The van der Waals surface area contributed by atoms with Gasteiger partial charge in [0.1, 0.15) is 5.82 Å². The Labute approximate surface area is 106 Å². The van der Waals surface area contributed by atoms with E-state index >= 15 is 0 Å². The summed E-state index contributed by atoms with van der Waals surface area (Å²) in [5.74, 6) is -1.85. The molecule has 17 heavy (non-hydrogen) atoms. The quantitative estimate of drug-likeness (QED) is 0.899. The largest absolute Gasteiger partial charge is 0.481 e. The molecule has 0 radical (unpaired) electrons. The van der Waals surface area contributed by atoms with E-state index in [0.29, 0.717) is 11.3 Å². The number of amides is 1. The van der Waals surface area contributed by atoms with Crippen molar-refractivity contribution in [2.45, 2.75) is 19.8 Å². The molecule has 0 aliphatic carbocycles. The fourth-order valence-corrected chi connectivity index (χ4v) is 1.56. The van der Waals surface area contributed by atoms with Crippen molar-refractivity contribution in [2.24, 2.45) is 0 Å². The maximum absolute atomic E-state index is 13.1. The number of aryl methyl sites for hydroxylation is 1. The Morgan fingerprint density at radius 1 is 1.41 bits per heavy atom. The third-order valence-electron chi connectivity index (χ3n) is 2.11. The van der Waals surface area contributed by atoms with Crippen molar-refractivity contribution in [3.63, 3.8) is 0 Å². The van der Waals surface area contributed by atoms with Crippen LogP contribution in [0, 0.1) is 12.7 Å². The van der Waals surface area contributed by atoms with E-state index in [1.807, 2.05) is 0 Å². The summed E-state index contributed by atoms with van der Waals surface area (Å²) in [6.45, 7) is 1.66. The SMILES string of the molecule is Cc1cc(F)c(Br)cc1NC(=O)CCC(=O)O. The van der Waals surface area contributed by atoms with Crippen LogP contribution in [-0.2, 0) is 9.59 Å². The van der Waals surface area contributed by atoms with Gasteiger partial charge in [-0.25, -0.2) is 4.39 Å². The molecule has 0 spiro atoms. The van der Waals surface area contributed by atoms with E-state index in [1.54, 1.807) is 6.92 Å². The topological polar surface area (TPSA) is 66.4 Å². The second kappa shape index (κ2) is 5.77. The Balaban J connectivity index is 2.71. The van der Waals surface area contributed by atoms with Crippen molar-refractivity contribution in [1.29, 1.82) is 0 Å². The fraction of sp³-hybridized carbons (Fsp3) is 0.273. The number of carboxylic acids is 1. The number of halogens is 2. The number of hydrogen-bond donors (Lipinski definition) is 2. The number of carbonyl (C=O) groups excluding carboxylic acids is 1. The zero-order valence-electron chi connectivity index (χ0n) is 9.09. The summed E-state index contributed by atoms with van der Waals surface area (Å²) in [5, 5.41) is 11.0. The molecule has 0 saturated carbocycles. The van der Waals surface area contributed by atoms with Crippen LogP contribution in [0.3, 0.4) is 0 Å². The van der Waals surface area contributed by atoms with Gasteiger partial charge in [-0.15, -0.1) is 0 Å². The average Bonchev–Trinajstić information content (AvgIpc) is 2.23. The first kappa shape index (κ1) is 13.6. The number of hydrogen-bond acceptors (Lipinski definition) is 2. The summed E-state index contributed by atoms with van der Waals surface area (Å²) < 4.78 is 13.4. The lowest BCUT2D eigenvalue weighted by Gasteiger charge is -2.09. The highest BCUT2D eigenvalue weighted by Gasteiger charge is 2.09. The van der Waals surface area contributed by atoms with Crippen LogP contribution in [0.25, 0.3) is 0 Å². The Kier molecular flexibility index (Phi) is 4.62. The van der Waals surface area contributed by atoms with Crippen LogP contribution >= 0.6 is 15.9 Å². The van der Waals surface area contributed by atoms with E-state index in [1.165, 1.54) is 12.1 Å². The lowest BCUT2D eigenvalue weighted by molar-refractivity contribution is -0.138. The summed E-state index contributed by atoms with van der Waals surface area (Å²) in [7, 11) is 0. The average molecular weight is 304 g/mol. The zero-order valence-corrected chi connectivity index (χ0v) is 10.7. The number of nitrogens with one attached hydrogen (secondary N) is 1. The lowest BCUT2D eigenvalue weighted by Crippen LogP contribution is -2.14. The van der Waals surface area contributed by atoms with Crippen molar-refractivity contribution >= 4 is 33.5 Å². The predicted octanol–water partition coefficient (Wildman–Crippen LogP) is 2.70. The van der Waals surface area contributed by atoms with Gasteiger partial charge in [0, 0.05) is 12.1 Å². The third kappa shape index (κ3) is 4.14. The summed E-state index contributed by atoms with van der Waals surface area (Å²) in [6.07, 6.45) is -0.336. The van der Waals surface area contributed by atoms with Crippen molar-refractivity contribution < 1.29 is 19.1 Å².